The van der Waals surface area contributed by atoms with Crippen LogP contribution in [0.2, 0.25) is 5.02 Å². The Kier molecular flexibility index (Phi) is 3.92. The molecule has 0 aliphatic carbocycles. The van der Waals surface area contributed by atoms with Gasteiger partial charge >= 0.3 is 0 Å². The van der Waals surface area contributed by atoms with E-state index in [1.54, 1.807) is 6.07 Å². The Hall–Kier alpha value is -2.75. The van der Waals surface area contributed by atoms with Crippen molar-refractivity contribution in [3.63, 3.8) is 0 Å². The number of nitrogens with one attached hydrogen (secondary N) is 1. The number of aromatic amines is 1. The molecule has 3 nitrogen and oxygen atoms in total. The number of halogens is 1. The van der Waals surface area contributed by atoms with Crippen molar-refractivity contribution < 1.29 is 10.4 Å². The first-order valence-electron chi connectivity index (χ1n) is 9.20. The summed E-state index contributed by atoms with van der Waals surface area (Å²) in [4.78, 5) is 3.63. The van der Waals surface area contributed by atoms with Gasteiger partial charge in [-0.15, -0.1) is 0 Å². The Bertz CT molecular complexity index is 1130. The van der Waals surface area contributed by atoms with Crippen molar-refractivity contribution in [1.82, 2.24) is 4.98 Å². The van der Waals surface area contributed by atoms with Gasteiger partial charge in [-0.25, -0.2) is 0 Å². The average Bonchev–Trinajstić information content (AvgIpc) is 3.08. The maximum absolute atomic E-state index is 10.4. The van der Waals surface area contributed by atoms with Crippen LogP contribution in [-0.4, -0.2) is 16.6 Å². The van der Waals surface area contributed by atoms with Crippen LogP contribution in [0.25, 0.3) is 10.9 Å². The van der Waals surface area contributed by atoms with Crippen LogP contribution in [0.1, 0.15) is 34.3 Å². The Labute approximate surface area is 162 Å². The lowest BCUT2D eigenvalue weighted by Crippen LogP contribution is -2.88. The Morgan fingerprint density at radius 2 is 1.59 bits per heavy atom. The van der Waals surface area contributed by atoms with E-state index in [-0.39, 0.29) is 12.0 Å². The molecular weight excluding hydrogens is 356 g/mol. The van der Waals surface area contributed by atoms with Gasteiger partial charge in [0.15, 0.2) is 6.04 Å². The average molecular weight is 376 g/mol. The number of rotatable bonds is 2. The highest BCUT2D eigenvalue weighted by molar-refractivity contribution is 6.31. The molecule has 2 heterocycles. The highest BCUT2D eigenvalue weighted by Crippen LogP contribution is 2.41. The Morgan fingerprint density at radius 1 is 0.889 bits per heavy atom. The Morgan fingerprint density at radius 3 is 2.41 bits per heavy atom. The van der Waals surface area contributed by atoms with E-state index in [2.05, 4.69) is 34.6 Å². The third-order valence-corrected chi connectivity index (χ3v) is 5.94. The van der Waals surface area contributed by atoms with Crippen LogP contribution in [0.4, 0.5) is 0 Å². The molecule has 0 saturated heterocycles. The van der Waals surface area contributed by atoms with E-state index in [9.17, 15) is 5.11 Å². The molecule has 1 aromatic heterocycles. The lowest BCUT2D eigenvalue weighted by molar-refractivity contribution is -0.692. The minimum atomic E-state index is 0.0346. The highest BCUT2D eigenvalue weighted by atomic mass is 35.5. The normalized spacial score (nSPS) is 19.1. The minimum absolute atomic E-state index is 0.0346. The van der Waals surface area contributed by atoms with E-state index < -0.39 is 0 Å². The predicted octanol–water partition coefficient (Wildman–Crippen LogP) is 4.33. The van der Waals surface area contributed by atoms with Gasteiger partial charge in [0.2, 0.25) is 0 Å². The number of aromatic hydroxyl groups is 1. The summed E-state index contributed by atoms with van der Waals surface area (Å²) >= 11 is 6.56. The smallest absolute Gasteiger partial charge is 0.156 e. The van der Waals surface area contributed by atoms with Gasteiger partial charge in [-0.2, -0.15) is 0 Å². The Balaban J connectivity index is 1.75. The van der Waals surface area contributed by atoms with Gasteiger partial charge in [-0.3, -0.25) is 0 Å². The summed E-state index contributed by atoms with van der Waals surface area (Å²) in [5, 5.41) is 14.8. The second kappa shape index (κ2) is 6.45. The van der Waals surface area contributed by atoms with Crippen LogP contribution in [0.5, 0.6) is 5.75 Å². The largest absolute Gasteiger partial charge is 0.507 e. The third kappa shape index (κ3) is 2.62. The van der Waals surface area contributed by atoms with E-state index in [0.717, 1.165) is 33.9 Å². The lowest BCUT2D eigenvalue weighted by Gasteiger charge is -2.29. The molecule has 0 fully saturated rings. The molecule has 0 amide bonds. The summed E-state index contributed by atoms with van der Waals surface area (Å²) in [5.74, 6) is 0.534. The maximum Gasteiger partial charge on any atom is 0.156 e. The monoisotopic (exact) mass is 375 g/mol. The fourth-order valence-electron chi connectivity index (χ4n) is 4.39. The zero-order chi connectivity index (χ0) is 18.4. The van der Waals surface area contributed by atoms with Crippen molar-refractivity contribution in [2.45, 2.75) is 12.0 Å². The summed E-state index contributed by atoms with van der Waals surface area (Å²) in [6.07, 6.45) is 0. The van der Waals surface area contributed by atoms with Crippen molar-refractivity contribution in [2.75, 3.05) is 6.54 Å². The van der Waals surface area contributed by atoms with Crippen molar-refractivity contribution in [1.29, 1.82) is 0 Å². The molecule has 5 rings (SSSR count). The molecule has 0 bridgehead atoms. The van der Waals surface area contributed by atoms with Gasteiger partial charge in [-0.1, -0.05) is 60.1 Å². The highest BCUT2D eigenvalue weighted by Gasteiger charge is 2.37. The van der Waals surface area contributed by atoms with Crippen molar-refractivity contribution in [3.05, 3.63) is 100 Å². The van der Waals surface area contributed by atoms with Crippen LogP contribution in [-0.2, 0) is 0 Å². The van der Waals surface area contributed by atoms with Gasteiger partial charge in [0.25, 0.3) is 0 Å². The number of para-hydroxylation sites is 2. The molecule has 4 heteroatoms. The predicted molar refractivity (Wildman–Crippen MR) is 108 cm³/mol. The van der Waals surface area contributed by atoms with E-state index in [1.807, 2.05) is 42.5 Å². The van der Waals surface area contributed by atoms with Crippen molar-refractivity contribution in [2.24, 2.45) is 0 Å². The molecule has 1 aliphatic heterocycles. The zero-order valence-electron chi connectivity index (χ0n) is 14.7. The second-order valence-corrected chi connectivity index (χ2v) is 7.49. The van der Waals surface area contributed by atoms with Gasteiger partial charge in [-0.05, 0) is 29.8 Å². The van der Waals surface area contributed by atoms with E-state index in [1.165, 1.54) is 10.9 Å². The molecule has 0 spiro atoms. The summed E-state index contributed by atoms with van der Waals surface area (Å²) < 4.78 is 0. The van der Waals surface area contributed by atoms with Crippen molar-refractivity contribution in [3.8, 4) is 5.75 Å². The standard InChI is InChI=1S/C23H19ClN2O/c24-18-10-4-1-7-14(18)17-13-25-22(16-9-3-6-12-20(16)27)23-21(17)15-8-2-5-11-19(15)26-23/h1-12,17,22,25-27H,13H2/p+1/t17-,22+/m0/s1. The van der Waals surface area contributed by atoms with E-state index in [4.69, 9.17) is 11.6 Å². The van der Waals surface area contributed by atoms with Crippen molar-refractivity contribution >= 4 is 22.5 Å². The molecule has 0 saturated carbocycles. The molecule has 2 atom stereocenters. The number of nitrogens with two attached hydrogens (primary N) is 1. The molecular formula is C23H20ClN2O+. The number of aromatic nitrogens is 1. The van der Waals surface area contributed by atoms with Gasteiger partial charge in [0, 0.05) is 21.5 Å². The first-order valence-corrected chi connectivity index (χ1v) is 9.58. The molecule has 3 aromatic carbocycles. The van der Waals surface area contributed by atoms with Gasteiger partial charge < -0.3 is 15.4 Å². The van der Waals surface area contributed by atoms with E-state index >= 15 is 0 Å². The van der Waals surface area contributed by atoms with Crippen LogP contribution in [0.15, 0.2) is 72.8 Å². The number of hydrogen-bond acceptors (Lipinski definition) is 1. The lowest BCUT2D eigenvalue weighted by atomic mass is 9.83. The quantitative estimate of drug-likeness (QED) is 0.480. The number of H-pyrrole nitrogens is 1. The summed E-state index contributed by atoms with van der Waals surface area (Å²) in [6.45, 7) is 0.873. The number of fused-ring (bicyclic) bond motifs is 3. The van der Waals surface area contributed by atoms with Crippen LogP contribution < -0.4 is 5.32 Å². The first-order chi connectivity index (χ1) is 13.2. The fraction of sp³-hybridized carbons (Fsp3) is 0.130. The first kappa shape index (κ1) is 16.4. The fourth-order valence-corrected chi connectivity index (χ4v) is 4.65. The minimum Gasteiger partial charge on any atom is -0.507 e. The summed E-state index contributed by atoms with van der Waals surface area (Å²) in [7, 11) is 0. The topological polar surface area (TPSA) is 52.6 Å². The summed E-state index contributed by atoms with van der Waals surface area (Å²) in [6, 6.07) is 24.1. The number of benzene rings is 3. The van der Waals surface area contributed by atoms with Crippen LogP contribution >= 0.6 is 11.6 Å². The van der Waals surface area contributed by atoms with Crippen LogP contribution in [0, 0.1) is 0 Å². The molecule has 1 aliphatic rings. The third-order valence-electron chi connectivity index (χ3n) is 5.60. The number of quaternary nitrogens is 1. The molecule has 4 N–H and O–H groups in total. The van der Waals surface area contributed by atoms with Gasteiger partial charge in [0.05, 0.1) is 23.7 Å². The van der Waals surface area contributed by atoms with E-state index in [0.29, 0.717) is 5.75 Å². The molecule has 27 heavy (non-hydrogen) atoms. The van der Waals surface area contributed by atoms with Gasteiger partial charge in [0.1, 0.15) is 5.75 Å². The molecule has 134 valence electrons. The zero-order valence-corrected chi connectivity index (χ0v) is 15.4. The summed E-state index contributed by atoms with van der Waals surface area (Å²) in [5.41, 5.74) is 5.64. The number of phenolic OH excluding ortho intramolecular Hbond substituents is 1. The SMILES string of the molecule is Oc1ccccc1[C@H]1[NH2+]C[C@@H](c2ccccc2Cl)c2c1[nH]c1ccccc21. The molecule has 4 aromatic rings. The number of hydrogen-bond donors (Lipinski definition) is 3. The van der Waals surface area contributed by atoms with Crippen LogP contribution in [0.3, 0.4) is 0 Å². The maximum atomic E-state index is 10.4. The molecule has 0 radical (unpaired) electrons. The molecule has 0 unspecified atom stereocenters. The number of phenols is 1. The second-order valence-electron chi connectivity index (χ2n) is 7.08.